The number of piperidine rings is 1. The first-order valence-corrected chi connectivity index (χ1v) is 13.1. The first-order valence-electron chi connectivity index (χ1n) is 13.1. The monoisotopic (exact) mass is 433 g/mol. The summed E-state index contributed by atoms with van der Waals surface area (Å²) in [5, 5.41) is 0. The van der Waals surface area contributed by atoms with E-state index < -0.39 is 0 Å². The molecule has 0 aromatic heterocycles. The van der Waals surface area contributed by atoms with Gasteiger partial charge in [-0.3, -0.25) is 9.69 Å². The van der Waals surface area contributed by atoms with Crippen LogP contribution in [-0.2, 0) is 4.79 Å². The predicted molar refractivity (Wildman–Crippen MR) is 131 cm³/mol. The molecule has 0 saturated carbocycles. The fraction of sp³-hybridized carbons (Fsp3) is 0.963. The van der Waals surface area contributed by atoms with Gasteiger partial charge in [-0.1, -0.05) is 48.5 Å². The molecule has 0 bridgehead atoms. The minimum absolute atomic E-state index is 0.213. The Balaban J connectivity index is 1.46. The lowest BCUT2D eigenvalue weighted by Gasteiger charge is -2.49. The Morgan fingerprint density at radius 1 is 0.806 bits per heavy atom. The van der Waals surface area contributed by atoms with Gasteiger partial charge in [-0.15, -0.1) is 0 Å². The number of amides is 1. The van der Waals surface area contributed by atoms with Crippen molar-refractivity contribution in [3.8, 4) is 0 Å². The summed E-state index contributed by atoms with van der Waals surface area (Å²) < 4.78 is 0. The Hall–Kier alpha value is -0.610. The van der Waals surface area contributed by atoms with Crippen LogP contribution >= 0.6 is 0 Å². The van der Waals surface area contributed by atoms with Crippen molar-refractivity contribution in [2.24, 2.45) is 22.2 Å². The van der Waals surface area contributed by atoms with Crippen LogP contribution in [0.25, 0.3) is 0 Å². The number of carbonyl (C=O) groups excluding carboxylic acids is 1. The van der Waals surface area contributed by atoms with Crippen LogP contribution < -0.4 is 0 Å². The Morgan fingerprint density at radius 3 is 2.10 bits per heavy atom. The molecule has 2 atom stereocenters. The Morgan fingerprint density at radius 2 is 1.52 bits per heavy atom. The van der Waals surface area contributed by atoms with Gasteiger partial charge in [-0.2, -0.15) is 0 Å². The molecule has 1 amide bonds. The van der Waals surface area contributed by atoms with Crippen LogP contribution in [0, 0.1) is 22.2 Å². The topological polar surface area (TPSA) is 26.8 Å². The van der Waals surface area contributed by atoms with Crippen LogP contribution in [0.15, 0.2) is 0 Å². The lowest BCUT2D eigenvalue weighted by atomic mass is 9.76. The molecular formula is C27H51N3O. The van der Waals surface area contributed by atoms with Crippen molar-refractivity contribution in [3.63, 3.8) is 0 Å². The van der Waals surface area contributed by atoms with E-state index in [1.165, 1.54) is 64.8 Å². The second-order valence-electron chi connectivity index (χ2n) is 13.9. The van der Waals surface area contributed by atoms with Crippen molar-refractivity contribution in [3.05, 3.63) is 0 Å². The SMILES string of the molecule is CC(C)(C)CN1CCCC(CC(C)(C)CN2CCC2CC(C)(C)CN2CCCC2=O)C1. The maximum absolute atomic E-state index is 12.1. The van der Waals surface area contributed by atoms with Gasteiger partial charge in [-0.25, -0.2) is 0 Å². The predicted octanol–water partition coefficient (Wildman–Crippen LogP) is 5.27. The van der Waals surface area contributed by atoms with E-state index in [2.05, 4.69) is 63.2 Å². The van der Waals surface area contributed by atoms with Crippen LogP contribution in [0.2, 0.25) is 0 Å². The van der Waals surface area contributed by atoms with Crippen molar-refractivity contribution >= 4 is 5.91 Å². The van der Waals surface area contributed by atoms with Crippen molar-refractivity contribution in [1.82, 2.24) is 14.7 Å². The van der Waals surface area contributed by atoms with E-state index in [4.69, 9.17) is 0 Å². The summed E-state index contributed by atoms with van der Waals surface area (Å²) >= 11 is 0. The maximum Gasteiger partial charge on any atom is 0.222 e. The molecule has 4 nitrogen and oxygen atoms in total. The van der Waals surface area contributed by atoms with Gasteiger partial charge in [0.2, 0.25) is 5.91 Å². The van der Waals surface area contributed by atoms with Gasteiger partial charge in [0.15, 0.2) is 0 Å². The van der Waals surface area contributed by atoms with Crippen LogP contribution in [-0.4, -0.2) is 72.5 Å². The molecule has 3 rings (SSSR count). The molecule has 4 heteroatoms. The van der Waals surface area contributed by atoms with Gasteiger partial charge < -0.3 is 9.80 Å². The zero-order valence-corrected chi connectivity index (χ0v) is 21.8. The average Bonchev–Trinajstić information content (AvgIpc) is 2.99. The van der Waals surface area contributed by atoms with Crippen molar-refractivity contribution in [1.29, 1.82) is 0 Å². The average molecular weight is 434 g/mol. The van der Waals surface area contributed by atoms with Gasteiger partial charge >= 0.3 is 0 Å². The van der Waals surface area contributed by atoms with E-state index in [1.807, 2.05) is 0 Å². The quantitative estimate of drug-likeness (QED) is 0.495. The van der Waals surface area contributed by atoms with Crippen LogP contribution in [0.5, 0.6) is 0 Å². The van der Waals surface area contributed by atoms with Gasteiger partial charge in [-0.05, 0) is 73.8 Å². The lowest BCUT2D eigenvalue weighted by Crippen LogP contribution is -2.54. The highest BCUT2D eigenvalue weighted by molar-refractivity contribution is 5.78. The van der Waals surface area contributed by atoms with Crippen molar-refractivity contribution in [2.45, 2.75) is 99.5 Å². The van der Waals surface area contributed by atoms with Crippen LogP contribution in [0.1, 0.15) is 93.4 Å². The molecule has 3 fully saturated rings. The Labute approximate surface area is 193 Å². The summed E-state index contributed by atoms with van der Waals surface area (Å²) in [4.78, 5) is 19.7. The standard InChI is InChI=1S/C27H51N3O/c1-25(2,3)19-28-13-8-10-22(18-28)16-26(4,5)20-29-15-12-23(29)17-27(6,7)21-30-14-9-11-24(30)31/h22-23H,8-21H2,1-7H3. The van der Waals surface area contributed by atoms with E-state index in [-0.39, 0.29) is 5.41 Å². The van der Waals surface area contributed by atoms with Crippen LogP contribution in [0.3, 0.4) is 0 Å². The third kappa shape index (κ3) is 7.74. The van der Waals surface area contributed by atoms with E-state index in [9.17, 15) is 4.79 Å². The molecule has 180 valence electrons. The molecule has 3 aliphatic heterocycles. The van der Waals surface area contributed by atoms with E-state index >= 15 is 0 Å². The largest absolute Gasteiger partial charge is 0.342 e. The number of hydrogen-bond acceptors (Lipinski definition) is 3. The number of likely N-dealkylation sites (tertiary alicyclic amines) is 3. The molecule has 0 aliphatic carbocycles. The van der Waals surface area contributed by atoms with Crippen molar-refractivity contribution < 1.29 is 4.79 Å². The second kappa shape index (κ2) is 9.71. The lowest BCUT2D eigenvalue weighted by molar-refractivity contribution is -0.129. The van der Waals surface area contributed by atoms with Gasteiger partial charge in [0, 0.05) is 45.2 Å². The third-order valence-corrected chi connectivity index (χ3v) is 7.62. The number of hydrogen-bond donors (Lipinski definition) is 0. The van der Waals surface area contributed by atoms with E-state index in [0.29, 0.717) is 22.8 Å². The van der Waals surface area contributed by atoms with Crippen molar-refractivity contribution in [2.75, 3.05) is 45.8 Å². The molecule has 3 heterocycles. The van der Waals surface area contributed by atoms with Gasteiger partial charge in [0.25, 0.3) is 0 Å². The zero-order chi connectivity index (χ0) is 22.9. The molecule has 0 spiro atoms. The Bertz CT molecular complexity index is 606. The number of rotatable bonds is 9. The molecule has 0 N–H and O–H groups in total. The first kappa shape index (κ1) is 25.0. The highest BCUT2D eigenvalue weighted by Gasteiger charge is 2.38. The molecule has 3 saturated heterocycles. The summed E-state index contributed by atoms with van der Waals surface area (Å²) in [6.07, 6.45) is 8.48. The smallest absolute Gasteiger partial charge is 0.222 e. The number of nitrogens with zero attached hydrogens (tertiary/aromatic N) is 3. The molecule has 31 heavy (non-hydrogen) atoms. The molecule has 0 aromatic rings. The van der Waals surface area contributed by atoms with Gasteiger partial charge in [0.05, 0.1) is 0 Å². The summed E-state index contributed by atoms with van der Waals surface area (Å²) in [7, 11) is 0. The highest BCUT2D eigenvalue weighted by atomic mass is 16.2. The number of carbonyl (C=O) groups is 1. The van der Waals surface area contributed by atoms with E-state index in [0.717, 1.165) is 31.8 Å². The fourth-order valence-corrected chi connectivity index (χ4v) is 6.55. The first-order chi connectivity index (χ1) is 14.3. The highest BCUT2D eigenvalue weighted by Crippen LogP contribution is 2.38. The maximum atomic E-state index is 12.1. The minimum atomic E-state index is 0.213. The summed E-state index contributed by atoms with van der Waals surface area (Å²) in [5.74, 6) is 1.22. The molecule has 0 radical (unpaired) electrons. The third-order valence-electron chi connectivity index (χ3n) is 7.62. The van der Waals surface area contributed by atoms with Gasteiger partial charge in [0.1, 0.15) is 0 Å². The summed E-state index contributed by atoms with van der Waals surface area (Å²) in [5.41, 5.74) is 0.988. The Kier molecular flexibility index (Phi) is 7.84. The molecule has 0 aromatic carbocycles. The molecular weight excluding hydrogens is 382 g/mol. The fourth-order valence-electron chi connectivity index (χ4n) is 6.55. The zero-order valence-electron chi connectivity index (χ0n) is 21.8. The second-order valence-corrected chi connectivity index (χ2v) is 13.9. The summed E-state index contributed by atoms with van der Waals surface area (Å²) in [6.45, 7) is 25.0. The normalized spacial score (nSPS) is 27.1. The minimum Gasteiger partial charge on any atom is -0.342 e. The molecule has 2 unspecified atom stereocenters. The molecule has 3 aliphatic rings. The summed E-state index contributed by atoms with van der Waals surface area (Å²) in [6, 6.07) is 0.704. The van der Waals surface area contributed by atoms with Crippen LogP contribution in [0.4, 0.5) is 0 Å². The van der Waals surface area contributed by atoms with E-state index in [1.54, 1.807) is 0 Å².